The van der Waals surface area contributed by atoms with Crippen LogP contribution in [-0.2, 0) is 6.42 Å². The smallest absolute Gasteiger partial charge is 0.212 e. The predicted octanol–water partition coefficient (Wildman–Crippen LogP) is 5.65. The second-order valence-corrected chi connectivity index (χ2v) is 8.71. The van der Waals surface area contributed by atoms with Crippen LogP contribution in [0, 0.1) is 19.7 Å². The maximum Gasteiger partial charge on any atom is 0.212 e. The van der Waals surface area contributed by atoms with E-state index in [4.69, 9.17) is 4.74 Å². The summed E-state index contributed by atoms with van der Waals surface area (Å²) >= 11 is 1.62. The molecule has 5 rings (SSSR count). The van der Waals surface area contributed by atoms with Crippen molar-refractivity contribution in [2.75, 3.05) is 19.0 Å². The highest BCUT2D eigenvalue weighted by Gasteiger charge is 2.15. The van der Waals surface area contributed by atoms with Gasteiger partial charge in [-0.05, 0) is 49.6 Å². The zero-order chi connectivity index (χ0) is 22.2. The third-order valence-corrected chi connectivity index (χ3v) is 6.82. The molecule has 162 valence electrons. The van der Waals surface area contributed by atoms with E-state index in [0.717, 1.165) is 55.1 Å². The van der Waals surface area contributed by atoms with Gasteiger partial charge in [-0.2, -0.15) is 0 Å². The molecule has 0 fully saturated rings. The fraction of sp³-hybridized carbons (Fsp3) is 0.208. The molecule has 5 aromatic rings. The second kappa shape index (κ2) is 8.20. The number of methoxy groups -OCH3 is 1. The number of nitrogens with one attached hydrogen (secondary N) is 2. The summed E-state index contributed by atoms with van der Waals surface area (Å²) in [5.74, 6) is 1.16. The monoisotopic (exact) mass is 447 g/mol. The van der Waals surface area contributed by atoms with Crippen molar-refractivity contribution in [2.45, 2.75) is 20.3 Å². The van der Waals surface area contributed by atoms with Crippen molar-refractivity contribution >= 4 is 38.3 Å². The highest BCUT2D eigenvalue weighted by atomic mass is 32.1. The van der Waals surface area contributed by atoms with Gasteiger partial charge in [-0.3, -0.25) is 0 Å². The number of benzene rings is 1. The Kier molecular flexibility index (Phi) is 5.22. The number of halogens is 1. The summed E-state index contributed by atoms with van der Waals surface area (Å²) in [7, 11) is 1.60. The number of pyridine rings is 1. The van der Waals surface area contributed by atoms with E-state index in [1.54, 1.807) is 31.0 Å². The van der Waals surface area contributed by atoms with Gasteiger partial charge in [-0.1, -0.05) is 6.07 Å². The number of H-pyrrole nitrogens is 1. The quantitative estimate of drug-likeness (QED) is 0.352. The Bertz CT molecular complexity index is 1420. The van der Waals surface area contributed by atoms with Crippen molar-refractivity contribution in [1.29, 1.82) is 0 Å². The lowest BCUT2D eigenvalue weighted by molar-refractivity contribution is 0.398. The van der Waals surface area contributed by atoms with E-state index in [-0.39, 0.29) is 5.82 Å². The molecule has 0 aliphatic rings. The first kappa shape index (κ1) is 20.4. The summed E-state index contributed by atoms with van der Waals surface area (Å²) < 4.78 is 20.4. The van der Waals surface area contributed by atoms with E-state index in [9.17, 15) is 4.39 Å². The zero-order valence-electron chi connectivity index (χ0n) is 18.0. The van der Waals surface area contributed by atoms with E-state index in [1.165, 1.54) is 6.07 Å². The molecule has 6 nitrogen and oxygen atoms in total. The summed E-state index contributed by atoms with van der Waals surface area (Å²) in [5, 5.41) is 4.43. The fourth-order valence-corrected chi connectivity index (χ4v) is 5.10. The van der Waals surface area contributed by atoms with Crippen LogP contribution >= 0.6 is 11.3 Å². The molecular formula is C24H22FN5OS. The summed E-state index contributed by atoms with van der Waals surface area (Å²) in [6.07, 6.45) is 4.12. The third kappa shape index (κ3) is 3.56. The number of fused-ring (bicyclic) bond motifs is 2. The normalized spacial score (nSPS) is 11.4. The molecule has 32 heavy (non-hydrogen) atoms. The second-order valence-electron chi connectivity index (χ2n) is 7.66. The van der Waals surface area contributed by atoms with E-state index < -0.39 is 0 Å². The number of aromatic nitrogens is 4. The molecule has 4 aromatic heterocycles. The van der Waals surface area contributed by atoms with Gasteiger partial charge in [0.25, 0.3) is 0 Å². The molecule has 0 spiro atoms. The largest absolute Gasteiger partial charge is 0.481 e. The van der Waals surface area contributed by atoms with Crippen molar-refractivity contribution in [3.63, 3.8) is 0 Å². The molecule has 0 radical (unpaired) electrons. The van der Waals surface area contributed by atoms with E-state index in [2.05, 4.69) is 25.3 Å². The number of rotatable bonds is 6. The van der Waals surface area contributed by atoms with Crippen LogP contribution in [0.3, 0.4) is 0 Å². The van der Waals surface area contributed by atoms with Crippen LogP contribution < -0.4 is 10.1 Å². The van der Waals surface area contributed by atoms with Gasteiger partial charge in [0.2, 0.25) is 5.88 Å². The molecule has 4 heterocycles. The maximum atomic E-state index is 14.2. The third-order valence-electron chi connectivity index (χ3n) is 5.64. The fourth-order valence-electron chi connectivity index (χ4n) is 4.03. The number of hydrogen-bond acceptors (Lipinski definition) is 6. The highest BCUT2D eigenvalue weighted by molar-refractivity contribution is 7.22. The van der Waals surface area contributed by atoms with Crippen LogP contribution in [-0.4, -0.2) is 33.6 Å². The number of hydrogen-bond donors (Lipinski definition) is 2. The van der Waals surface area contributed by atoms with E-state index in [0.29, 0.717) is 17.9 Å². The maximum absolute atomic E-state index is 14.2. The van der Waals surface area contributed by atoms with Gasteiger partial charge in [0, 0.05) is 40.3 Å². The Morgan fingerprint density at radius 2 is 2.00 bits per heavy atom. The van der Waals surface area contributed by atoms with Gasteiger partial charge in [0.1, 0.15) is 18.0 Å². The Morgan fingerprint density at radius 3 is 2.78 bits per heavy atom. The number of thiophene rings is 1. The van der Waals surface area contributed by atoms with Crippen LogP contribution in [0.25, 0.3) is 31.6 Å². The number of ether oxygens (including phenoxy) is 1. The van der Waals surface area contributed by atoms with Crippen LogP contribution in [0.1, 0.15) is 16.8 Å². The summed E-state index contributed by atoms with van der Waals surface area (Å²) in [6, 6.07) is 9.22. The van der Waals surface area contributed by atoms with Crippen LogP contribution in [0.2, 0.25) is 0 Å². The molecular weight excluding hydrogens is 425 g/mol. The topological polar surface area (TPSA) is 75.7 Å². The highest BCUT2D eigenvalue weighted by Crippen LogP contribution is 2.36. The lowest BCUT2D eigenvalue weighted by Gasteiger charge is -2.07. The Balaban J connectivity index is 1.39. The lowest BCUT2D eigenvalue weighted by Crippen LogP contribution is -2.07. The van der Waals surface area contributed by atoms with Gasteiger partial charge in [0.05, 0.1) is 22.8 Å². The molecule has 0 saturated heterocycles. The van der Waals surface area contributed by atoms with Gasteiger partial charge in [0.15, 0.2) is 0 Å². The van der Waals surface area contributed by atoms with Crippen LogP contribution in [0.5, 0.6) is 5.88 Å². The Labute approximate surface area is 188 Å². The number of aryl methyl sites for hydroxylation is 2. The molecule has 0 aliphatic carbocycles. The molecule has 0 amide bonds. The number of nitrogens with zero attached hydrogens (tertiary/aromatic N) is 3. The van der Waals surface area contributed by atoms with Gasteiger partial charge >= 0.3 is 0 Å². The zero-order valence-corrected chi connectivity index (χ0v) is 18.8. The van der Waals surface area contributed by atoms with Crippen LogP contribution in [0.15, 0.2) is 42.9 Å². The minimum absolute atomic E-state index is 0.218. The molecule has 0 saturated carbocycles. The first-order valence-electron chi connectivity index (χ1n) is 10.3. The molecule has 0 unspecified atom stereocenters. The van der Waals surface area contributed by atoms with Gasteiger partial charge in [-0.25, -0.2) is 19.3 Å². The van der Waals surface area contributed by atoms with E-state index in [1.807, 2.05) is 38.1 Å². The number of aromatic amines is 1. The predicted molar refractivity (Wildman–Crippen MR) is 127 cm³/mol. The molecule has 1 aromatic carbocycles. The first-order chi connectivity index (χ1) is 15.5. The van der Waals surface area contributed by atoms with Gasteiger partial charge < -0.3 is 15.0 Å². The molecule has 2 N–H and O–H groups in total. The average Bonchev–Trinajstić information content (AvgIpc) is 3.39. The standard InChI is InChI=1S/C24H22FN5OS/c1-13-4-6-17(25)22-21(13)16(14(2)30-22)8-9-26-24-23-18(28-12-29-24)10-19(32-23)15-5-7-20(31-3)27-11-15/h4-7,10-12,30H,8-9H2,1-3H3,(H,26,28,29). The van der Waals surface area contributed by atoms with Gasteiger partial charge in [-0.15, -0.1) is 11.3 Å². The Hall–Kier alpha value is -3.52. The first-order valence-corrected chi connectivity index (χ1v) is 11.1. The minimum atomic E-state index is -0.218. The lowest BCUT2D eigenvalue weighted by atomic mass is 10.0. The van der Waals surface area contributed by atoms with Crippen molar-refractivity contribution in [2.24, 2.45) is 0 Å². The van der Waals surface area contributed by atoms with Crippen LogP contribution in [0.4, 0.5) is 10.2 Å². The number of anilines is 1. The SMILES string of the molecule is COc1ccc(-c2cc3ncnc(NCCc4c(C)[nH]c5c(F)ccc(C)c45)c3s2)cn1. The average molecular weight is 448 g/mol. The van der Waals surface area contributed by atoms with E-state index >= 15 is 0 Å². The van der Waals surface area contributed by atoms with Crippen molar-refractivity contribution in [1.82, 2.24) is 19.9 Å². The molecule has 0 atom stereocenters. The van der Waals surface area contributed by atoms with Crippen molar-refractivity contribution < 1.29 is 9.13 Å². The minimum Gasteiger partial charge on any atom is -0.481 e. The summed E-state index contributed by atoms with van der Waals surface area (Å²) in [6.45, 7) is 4.68. The molecule has 0 aliphatic heterocycles. The van der Waals surface area contributed by atoms with Crippen molar-refractivity contribution in [3.05, 3.63) is 65.5 Å². The van der Waals surface area contributed by atoms with Crippen molar-refractivity contribution in [3.8, 4) is 16.3 Å². The Morgan fingerprint density at radius 1 is 1.12 bits per heavy atom. The molecule has 0 bridgehead atoms. The summed E-state index contributed by atoms with van der Waals surface area (Å²) in [5.41, 5.74) is 5.67. The molecule has 8 heteroatoms. The summed E-state index contributed by atoms with van der Waals surface area (Å²) in [4.78, 5) is 17.4.